The smallest absolute Gasteiger partial charge is 0.191 e. The van der Waals surface area contributed by atoms with Crippen LogP contribution in [0.15, 0.2) is 53.7 Å². The van der Waals surface area contributed by atoms with E-state index in [1.807, 2.05) is 18.2 Å². The summed E-state index contributed by atoms with van der Waals surface area (Å²) < 4.78 is 0. The van der Waals surface area contributed by atoms with Crippen LogP contribution in [0, 0.1) is 0 Å². The molecule has 0 saturated carbocycles. The summed E-state index contributed by atoms with van der Waals surface area (Å²) in [5.74, 6) is 0.819. The summed E-state index contributed by atoms with van der Waals surface area (Å²) in [4.78, 5) is 8.99. The topological polar surface area (TPSA) is 49.3 Å². The van der Waals surface area contributed by atoms with Gasteiger partial charge in [0.05, 0.1) is 18.8 Å². The van der Waals surface area contributed by atoms with Crippen LogP contribution in [0.4, 0.5) is 0 Å². The van der Waals surface area contributed by atoms with Gasteiger partial charge in [-0.05, 0) is 36.6 Å². The van der Waals surface area contributed by atoms with Gasteiger partial charge in [0.15, 0.2) is 5.96 Å². The minimum atomic E-state index is 0.669. The first-order valence-electron chi connectivity index (χ1n) is 7.82. The number of guanidine groups is 1. The number of aryl methyl sites for hydroxylation is 1. The summed E-state index contributed by atoms with van der Waals surface area (Å²) in [6.07, 6.45) is 2.84. The van der Waals surface area contributed by atoms with Gasteiger partial charge in [0, 0.05) is 12.7 Å². The van der Waals surface area contributed by atoms with Gasteiger partial charge in [0.25, 0.3) is 0 Å². The van der Waals surface area contributed by atoms with Crippen LogP contribution in [0.2, 0.25) is 0 Å². The van der Waals surface area contributed by atoms with Crippen LogP contribution in [0.25, 0.3) is 0 Å². The molecule has 2 aromatic rings. The molecule has 116 valence electrons. The molecule has 1 aromatic heterocycles. The average molecular weight is 296 g/mol. The van der Waals surface area contributed by atoms with Crippen molar-refractivity contribution < 1.29 is 0 Å². The largest absolute Gasteiger partial charge is 0.357 e. The van der Waals surface area contributed by atoms with Crippen molar-refractivity contribution in [2.45, 2.75) is 33.4 Å². The van der Waals surface area contributed by atoms with Crippen LogP contribution in [-0.4, -0.2) is 17.5 Å². The van der Waals surface area contributed by atoms with Crippen LogP contribution in [-0.2, 0) is 19.5 Å². The number of nitrogens with one attached hydrogen (secondary N) is 2. The fraction of sp³-hybridized carbons (Fsp3) is 0.333. The molecule has 4 nitrogen and oxygen atoms in total. The van der Waals surface area contributed by atoms with Gasteiger partial charge in [0.1, 0.15) is 0 Å². The first kappa shape index (κ1) is 16.0. The summed E-state index contributed by atoms with van der Waals surface area (Å²) in [6.45, 7) is 6.43. The second kappa shape index (κ2) is 8.82. The SMILES string of the molecule is CCNC(=NCc1ccccc1CC)NCc1ccccn1. The van der Waals surface area contributed by atoms with Gasteiger partial charge in [-0.25, -0.2) is 4.99 Å². The third kappa shape index (κ3) is 4.88. The second-order valence-corrected chi connectivity index (χ2v) is 4.99. The highest BCUT2D eigenvalue weighted by Crippen LogP contribution is 2.10. The van der Waals surface area contributed by atoms with Crippen molar-refractivity contribution in [1.82, 2.24) is 15.6 Å². The van der Waals surface area contributed by atoms with E-state index in [0.717, 1.165) is 24.6 Å². The number of aliphatic imine (C=N–C) groups is 1. The molecule has 0 aliphatic rings. The molecule has 0 fully saturated rings. The zero-order valence-corrected chi connectivity index (χ0v) is 13.3. The van der Waals surface area contributed by atoms with Crippen molar-refractivity contribution in [1.29, 1.82) is 0 Å². The molecular weight excluding hydrogens is 272 g/mol. The van der Waals surface area contributed by atoms with Gasteiger partial charge in [0.2, 0.25) is 0 Å². The average Bonchev–Trinajstić information content (AvgIpc) is 2.58. The van der Waals surface area contributed by atoms with Crippen LogP contribution in [0.1, 0.15) is 30.7 Å². The zero-order chi connectivity index (χ0) is 15.6. The number of benzene rings is 1. The van der Waals surface area contributed by atoms with Crippen molar-refractivity contribution in [2.24, 2.45) is 4.99 Å². The van der Waals surface area contributed by atoms with Crippen LogP contribution in [0.5, 0.6) is 0 Å². The minimum Gasteiger partial charge on any atom is -0.357 e. The van der Waals surface area contributed by atoms with E-state index in [2.05, 4.69) is 58.7 Å². The first-order chi connectivity index (χ1) is 10.8. The molecule has 0 saturated heterocycles. The van der Waals surface area contributed by atoms with Gasteiger partial charge < -0.3 is 10.6 Å². The molecule has 0 unspecified atom stereocenters. The van der Waals surface area contributed by atoms with E-state index in [9.17, 15) is 0 Å². The summed E-state index contributed by atoms with van der Waals surface area (Å²) in [5, 5.41) is 6.59. The van der Waals surface area contributed by atoms with E-state index >= 15 is 0 Å². The Kier molecular flexibility index (Phi) is 6.42. The van der Waals surface area contributed by atoms with Crippen LogP contribution >= 0.6 is 0 Å². The molecule has 1 aromatic carbocycles. The number of nitrogens with zero attached hydrogens (tertiary/aromatic N) is 2. The molecule has 0 atom stereocenters. The fourth-order valence-electron chi connectivity index (χ4n) is 2.24. The number of hydrogen-bond acceptors (Lipinski definition) is 2. The maximum atomic E-state index is 4.67. The number of aromatic nitrogens is 1. The Labute approximate surface area is 132 Å². The molecule has 0 spiro atoms. The van der Waals surface area contributed by atoms with E-state index in [0.29, 0.717) is 13.1 Å². The standard InChI is InChI=1S/C18H24N4/c1-3-15-9-5-6-10-16(15)13-21-18(19-4-2)22-14-17-11-7-8-12-20-17/h5-12H,3-4,13-14H2,1-2H3,(H2,19,21,22). The highest BCUT2D eigenvalue weighted by Gasteiger charge is 2.01. The van der Waals surface area contributed by atoms with Crippen molar-refractivity contribution in [3.05, 3.63) is 65.5 Å². The lowest BCUT2D eigenvalue weighted by Gasteiger charge is -2.12. The Balaban J connectivity index is 2.00. The van der Waals surface area contributed by atoms with E-state index in [4.69, 9.17) is 0 Å². The van der Waals surface area contributed by atoms with Crippen LogP contribution in [0.3, 0.4) is 0 Å². The lowest BCUT2D eigenvalue weighted by molar-refractivity contribution is 0.798. The maximum absolute atomic E-state index is 4.67. The third-order valence-electron chi connectivity index (χ3n) is 3.41. The predicted octanol–water partition coefficient (Wildman–Crippen LogP) is 2.90. The van der Waals surface area contributed by atoms with Gasteiger partial charge >= 0.3 is 0 Å². The van der Waals surface area contributed by atoms with E-state index < -0.39 is 0 Å². The molecule has 0 amide bonds. The van der Waals surface area contributed by atoms with Gasteiger partial charge in [-0.1, -0.05) is 37.3 Å². The highest BCUT2D eigenvalue weighted by atomic mass is 15.2. The van der Waals surface area contributed by atoms with Crippen molar-refractivity contribution in [3.63, 3.8) is 0 Å². The summed E-state index contributed by atoms with van der Waals surface area (Å²) in [5.41, 5.74) is 3.63. The molecule has 2 N–H and O–H groups in total. The molecule has 0 aliphatic heterocycles. The summed E-state index contributed by atoms with van der Waals surface area (Å²) >= 11 is 0. The van der Waals surface area contributed by atoms with Gasteiger partial charge in [-0.15, -0.1) is 0 Å². The monoisotopic (exact) mass is 296 g/mol. The Morgan fingerprint density at radius 1 is 1.00 bits per heavy atom. The van der Waals surface area contributed by atoms with E-state index in [1.54, 1.807) is 6.20 Å². The molecule has 22 heavy (non-hydrogen) atoms. The molecule has 2 rings (SSSR count). The fourth-order valence-corrected chi connectivity index (χ4v) is 2.24. The lowest BCUT2D eigenvalue weighted by atomic mass is 10.1. The third-order valence-corrected chi connectivity index (χ3v) is 3.41. The summed E-state index contributed by atoms with van der Waals surface area (Å²) in [7, 11) is 0. The maximum Gasteiger partial charge on any atom is 0.191 e. The molecule has 0 aliphatic carbocycles. The predicted molar refractivity (Wildman–Crippen MR) is 91.7 cm³/mol. The normalized spacial score (nSPS) is 11.3. The summed E-state index contributed by atoms with van der Waals surface area (Å²) in [6, 6.07) is 14.4. The molecule has 0 radical (unpaired) electrons. The molecular formula is C18H24N4. The number of pyridine rings is 1. The Morgan fingerprint density at radius 3 is 2.45 bits per heavy atom. The van der Waals surface area contributed by atoms with Gasteiger partial charge in [-0.3, -0.25) is 4.98 Å². The zero-order valence-electron chi connectivity index (χ0n) is 13.3. The van der Waals surface area contributed by atoms with Crippen molar-refractivity contribution in [3.8, 4) is 0 Å². The van der Waals surface area contributed by atoms with E-state index in [-0.39, 0.29) is 0 Å². The molecule has 0 bridgehead atoms. The minimum absolute atomic E-state index is 0.669. The molecule has 4 heteroatoms. The molecule has 1 heterocycles. The number of hydrogen-bond donors (Lipinski definition) is 2. The Morgan fingerprint density at radius 2 is 1.77 bits per heavy atom. The lowest BCUT2D eigenvalue weighted by Crippen LogP contribution is -2.37. The van der Waals surface area contributed by atoms with Gasteiger partial charge in [-0.2, -0.15) is 0 Å². The van der Waals surface area contributed by atoms with Crippen molar-refractivity contribution >= 4 is 5.96 Å². The second-order valence-electron chi connectivity index (χ2n) is 4.99. The Hall–Kier alpha value is -2.36. The quantitative estimate of drug-likeness (QED) is 0.636. The van der Waals surface area contributed by atoms with Crippen molar-refractivity contribution in [2.75, 3.05) is 6.54 Å². The highest BCUT2D eigenvalue weighted by molar-refractivity contribution is 5.79. The van der Waals surface area contributed by atoms with Crippen LogP contribution < -0.4 is 10.6 Å². The Bertz CT molecular complexity index is 593. The van der Waals surface area contributed by atoms with E-state index in [1.165, 1.54) is 11.1 Å². The first-order valence-corrected chi connectivity index (χ1v) is 7.82. The number of rotatable bonds is 6.